The molecule has 0 radical (unpaired) electrons. The summed E-state index contributed by atoms with van der Waals surface area (Å²) in [5, 5.41) is 11.2. The molecule has 0 unspecified atom stereocenters. The Morgan fingerprint density at radius 2 is 1.71 bits per heavy atom. The number of aromatic carboxylic acids is 1. The summed E-state index contributed by atoms with van der Waals surface area (Å²) in [7, 11) is 0. The van der Waals surface area contributed by atoms with Gasteiger partial charge >= 0.3 is 5.97 Å². The maximum absolute atomic E-state index is 13.6. The minimum atomic E-state index is -1.28. The third-order valence-electron chi connectivity index (χ3n) is 2.65. The van der Waals surface area contributed by atoms with Crippen molar-refractivity contribution >= 4 is 33.5 Å². The number of anilines is 1. The van der Waals surface area contributed by atoms with Crippen molar-refractivity contribution in [2.75, 3.05) is 5.32 Å². The molecule has 4 nitrogen and oxygen atoms in total. The Balaban J connectivity index is 2.38. The maximum atomic E-state index is 13.6. The van der Waals surface area contributed by atoms with Gasteiger partial charge in [-0.1, -0.05) is 12.1 Å². The molecule has 7 heteroatoms. The van der Waals surface area contributed by atoms with Crippen molar-refractivity contribution in [2.24, 2.45) is 0 Å². The largest absolute Gasteiger partial charge is 0.478 e. The van der Waals surface area contributed by atoms with Crippen molar-refractivity contribution in [3.05, 3.63) is 63.6 Å². The predicted octanol–water partition coefficient (Wildman–Crippen LogP) is 3.68. The first-order chi connectivity index (χ1) is 9.90. The van der Waals surface area contributed by atoms with Crippen molar-refractivity contribution < 1.29 is 23.5 Å². The van der Waals surface area contributed by atoms with Crippen LogP contribution in [0, 0.1) is 11.6 Å². The molecule has 0 saturated heterocycles. The molecule has 21 heavy (non-hydrogen) atoms. The molecule has 0 aliphatic carbocycles. The number of carboxylic acid groups (broad SMARTS) is 1. The highest BCUT2D eigenvalue weighted by atomic mass is 79.9. The number of halogens is 3. The zero-order chi connectivity index (χ0) is 15.6. The monoisotopic (exact) mass is 355 g/mol. The lowest BCUT2D eigenvalue weighted by Crippen LogP contribution is -2.17. The van der Waals surface area contributed by atoms with E-state index in [4.69, 9.17) is 5.11 Å². The van der Waals surface area contributed by atoms with Gasteiger partial charge in [-0.05, 0) is 34.1 Å². The van der Waals surface area contributed by atoms with E-state index in [1.54, 1.807) is 0 Å². The van der Waals surface area contributed by atoms with E-state index in [1.807, 2.05) is 0 Å². The molecule has 0 spiro atoms. The van der Waals surface area contributed by atoms with E-state index in [-0.39, 0.29) is 21.3 Å². The zero-order valence-electron chi connectivity index (χ0n) is 10.4. The van der Waals surface area contributed by atoms with Crippen LogP contribution in [0.4, 0.5) is 14.5 Å². The topological polar surface area (TPSA) is 66.4 Å². The summed E-state index contributed by atoms with van der Waals surface area (Å²) in [6, 6.07) is 7.11. The smallest absolute Gasteiger partial charge is 0.336 e. The number of benzene rings is 2. The second kappa shape index (κ2) is 6.01. The number of carbonyl (C=O) groups is 2. The minimum absolute atomic E-state index is 0.0150. The quantitative estimate of drug-likeness (QED) is 0.882. The third-order valence-corrected chi connectivity index (χ3v) is 3.27. The molecular formula is C14H8BrF2NO3. The van der Waals surface area contributed by atoms with Gasteiger partial charge in [0, 0.05) is 10.5 Å². The fraction of sp³-hybridized carbons (Fsp3) is 0. The molecule has 0 aliphatic heterocycles. The summed E-state index contributed by atoms with van der Waals surface area (Å²) < 4.78 is 26.6. The number of carbonyl (C=O) groups excluding carboxylic acids is 1. The molecule has 2 N–H and O–H groups in total. The van der Waals surface area contributed by atoms with E-state index >= 15 is 0 Å². The van der Waals surface area contributed by atoms with Crippen LogP contribution in [0.3, 0.4) is 0 Å². The molecule has 0 aromatic heterocycles. The molecule has 1 amide bonds. The standard InChI is InChI=1S/C14H8BrF2NO3/c15-10-5-7(16)6-11(17)12(10)18-13(19)8-3-1-2-4-9(8)14(20)21/h1-6H,(H,18,19)(H,20,21). The van der Waals surface area contributed by atoms with Crippen molar-refractivity contribution in [2.45, 2.75) is 0 Å². The third kappa shape index (κ3) is 3.25. The molecule has 0 aliphatic rings. The second-order valence-corrected chi connectivity index (χ2v) is 4.90. The van der Waals surface area contributed by atoms with E-state index in [9.17, 15) is 18.4 Å². The van der Waals surface area contributed by atoms with Crippen LogP contribution in [0.5, 0.6) is 0 Å². The second-order valence-electron chi connectivity index (χ2n) is 4.05. The SMILES string of the molecule is O=C(O)c1ccccc1C(=O)Nc1c(F)cc(F)cc1Br. The average Bonchev–Trinajstić information content (AvgIpc) is 2.42. The Labute approximate surface area is 126 Å². The van der Waals surface area contributed by atoms with Gasteiger partial charge in [-0.2, -0.15) is 0 Å². The number of nitrogens with one attached hydrogen (secondary N) is 1. The maximum Gasteiger partial charge on any atom is 0.336 e. The number of hydrogen-bond donors (Lipinski definition) is 2. The highest BCUT2D eigenvalue weighted by molar-refractivity contribution is 9.10. The van der Waals surface area contributed by atoms with Gasteiger partial charge in [-0.15, -0.1) is 0 Å². The van der Waals surface area contributed by atoms with Crippen LogP contribution < -0.4 is 5.32 Å². The molecule has 0 heterocycles. The number of rotatable bonds is 3. The van der Waals surface area contributed by atoms with Gasteiger partial charge in [0.05, 0.1) is 16.8 Å². The lowest BCUT2D eigenvalue weighted by Gasteiger charge is -2.10. The Hall–Kier alpha value is -2.28. The van der Waals surface area contributed by atoms with E-state index < -0.39 is 23.5 Å². The molecule has 2 rings (SSSR count). The minimum Gasteiger partial charge on any atom is -0.478 e. The summed E-state index contributed by atoms with van der Waals surface area (Å²) in [6.45, 7) is 0. The predicted molar refractivity (Wildman–Crippen MR) is 75.4 cm³/mol. The van der Waals surface area contributed by atoms with Gasteiger partial charge in [-0.3, -0.25) is 4.79 Å². The molecule has 0 bridgehead atoms. The molecule has 2 aromatic rings. The normalized spacial score (nSPS) is 10.2. The van der Waals surface area contributed by atoms with Crippen molar-refractivity contribution in [1.82, 2.24) is 0 Å². The molecule has 0 saturated carbocycles. The van der Waals surface area contributed by atoms with Gasteiger partial charge in [0.15, 0.2) is 5.82 Å². The highest BCUT2D eigenvalue weighted by Gasteiger charge is 2.18. The van der Waals surface area contributed by atoms with Crippen LogP contribution >= 0.6 is 15.9 Å². The summed E-state index contributed by atoms with van der Waals surface area (Å²) in [6.07, 6.45) is 0. The first-order valence-corrected chi connectivity index (χ1v) is 6.47. The Morgan fingerprint density at radius 1 is 1.10 bits per heavy atom. The van der Waals surface area contributed by atoms with E-state index in [0.717, 1.165) is 6.07 Å². The summed E-state index contributed by atoms with van der Waals surface area (Å²) in [5.41, 5.74) is -0.601. The van der Waals surface area contributed by atoms with Crippen molar-refractivity contribution in [1.29, 1.82) is 0 Å². The Morgan fingerprint density at radius 3 is 2.29 bits per heavy atom. The molecule has 2 aromatic carbocycles. The summed E-state index contributed by atoms with van der Waals surface area (Å²) in [4.78, 5) is 23.1. The summed E-state index contributed by atoms with van der Waals surface area (Å²) in [5.74, 6) is -3.86. The molecule has 0 atom stereocenters. The number of amides is 1. The van der Waals surface area contributed by atoms with E-state index in [1.165, 1.54) is 24.3 Å². The fourth-order valence-corrected chi connectivity index (χ4v) is 2.22. The van der Waals surface area contributed by atoms with Crippen LogP contribution in [0.2, 0.25) is 0 Å². The lowest BCUT2D eigenvalue weighted by atomic mass is 10.1. The first-order valence-electron chi connectivity index (χ1n) is 5.68. The van der Waals surface area contributed by atoms with E-state index in [0.29, 0.717) is 6.07 Å². The Kier molecular flexibility index (Phi) is 4.32. The number of carboxylic acids is 1. The van der Waals surface area contributed by atoms with Crippen LogP contribution in [-0.4, -0.2) is 17.0 Å². The van der Waals surface area contributed by atoms with Crippen LogP contribution in [0.1, 0.15) is 20.7 Å². The van der Waals surface area contributed by atoms with Gasteiger partial charge in [-0.25, -0.2) is 13.6 Å². The Bertz CT molecular complexity index is 711. The van der Waals surface area contributed by atoms with Crippen molar-refractivity contribution in [3.8, 4) is 0 Å². The van der Waals surface area contributed by atoms with Crippen LogP contribution in [-0.2, 0) is 0 Å². The van der Waals surface area contributed by atoms with Gasteiger partial charge in [0.25, 0.3) is 5.91 Å². The van der Waals surface area contributed by atoms with Crippen molar-refractivity contribution in [3.63, 3.8) is 0 Å². The summed E-state index contributed by atoms with van der Waals surface area (Å²) >= 11 is 2.94. The highest BCUT2D eigenvalue weighted by Crippen LogP contribution is 2.27. The lowest BCUT2D eigenvalue weighted by molar-refractivity contribution is 0.0692. The van der Waals surface area contributed by atoms with Crippen LogP contribution in [0.25, 0.3) is 0 Å². The molecular weight excluding hydrogens is 348 g/mol. The van der Waals surface area contributed by atoms with Gasteiger partial charge < -0.3 is 10.4 Å². The first kappa shape index (κ1) is 15.1. The van der Waals surface area contributed by atoms with E-state index in [2.05, 4.69) is 21.2 Å². The molecule has 108 valence electrons. The van der Waals surface area contributed by atoms with Crippen LogP contribution in [0.15, 0.2) is 40.9 Å². The van der Waals surface area contributed by atoms with Gasteiger partial charge in [0.2, 0.25) is 0 Å². The number of hydrogen-bond acceptors (Lipinski definition) is 2. The average molecular weight is 356 g/mol. The van der Waals surface area contributed by atoms with Gasteiger partial charge in [0.1, 0.15) is 5.82 Å². The zero-order valence-corrected chi connectivity index (χ0v) is 11.9. The fourth-order valence-electron chi connectivity index (χ4n) is 1.71. The molecule has 0 fully saturated rings.